The number of anilines is 1. The first-order valence-corrected chi connectivity index (χ1v) is 6.08. The molecule has 0 aliphatic carbocycles. The highest BCUT2D eigenvalue weighted by Gasteiger charge is 2.07. The highest BCUT2D eigenvalue weighted by Crippen LogP contribution is 2.18. The lowest BCUT2D eigenvalue weighted by atomic mass is 10.3. The summed E-state index contributed by atoms with van der Waals surface area (Å²) in [6, 6.07) is 1.95. The normalized spacial score (nSPS) is 11.1. The third kappa shape index (κ3) is 2.14. The van der Waals surface area contributed by atoms with Crippen molar-refractivity contribution in [2.45, 2.75) is 6.42 Å². The van der Waals surface area contributed by atoms with Crippen LogP contribution >= 0.6 is 0 Å². The van der Waals surface area contributed by atoms with Crippen LogP contribution in [0.5, 0.6) is 0 Å². The molecule has 0 spiro atoms. The minimum absolute atomic E-state index is 0.745. The highest BCUT2D eigenvalue weighted by atomic mass is 15.2. The maximum Gasteiger partial charge on any atom is 0.154 e. The number of aromatic nitrogens is 6. The van der Waals surface area contributed by atoms with Gasteiger partial charge in [0.1, 0.15) is 17.7 Å². The molecule has 1 N–H and O–H groups in total. The molecule has 3 aromatic heterocycles. The van der Waals surface area contributed by atoms with Gasteiger partial charge in [-0.15, -0.1) is 10.2 Å². The molecule has 0 atom stereocenters. The van der Waals surface area contributed by atoms with Gasteiger partial charge in [-0.1, -0.05) is 0 Å². The van der Waals surface area contributed by atoms with Crippen molar-refractivity contribution in [3.63, 3.8) is 0 Å². The van der Waals surface area contributed by atoms with Crippen LogP contribution in [0.25, 0.3) is 11.0 Å². The molecule has 0 bridgehead atoms. The van der Waals surface area contributed by atoms with Gasteiger partial charge in [0.05, 0.1) is 11.8 Å². The molecule has 7 heteroatoms. The van der Waals surface area contributed by atoms with Crippen LogP contribution in [0.1, 0.15) is 5.82 Å². The van der Waals surface area contributed by atoms with E-state index in [1.807, 2.05) is 29.3 Å². The van der Waals surface area contributed by atoms with Crippen molar-refractivity contribution in [3.8, 4) is 0 Å². The van der Waals surface area contributed by atoms with E-state index in [2.05, 4.69) is 25.5 Å². The lowest BCUT2D eigenvalue weighted by Crippen LogP contribution is -2.09. The SMILES string of the molecule is Cn1cnnc1CCNc1nccc2c1ncn2C. The molecule has 0 fully saturated rings. The predicted molar refractivity (Wildman–Crippen MR) is 71.7 cm³/mol. The number of pyridine rings is 1. The van der Waals surface area contributed by atoms with Gasteiger partial charge in [0.25, 0.3) is 0 Å². The molecule has 0 aliphatic heterocycles. The van der Waals surface area contributed by atoms with Gasteiger partial charge in [-0.25, -0.2) is 9.97 Å². The molecule has 0 radical (unpaired) electrons. The van der Waals surface area contributed by atoms with E-state index in [1.165, 1.54) is 0 Å². The third-order valence-electron chi connectivity index (χ3n) is 3.09. The number of aryl methyl sites for hydroxylation is 2. The largest absolute Gasteiger partial charge is 0.368 e. The van der Waals surface area contributed by atoms with E-state index in [1.54, 1.807) is 18.9 Å². The smallest absolute Gasteiger partial charge is 0.154 e. The zero-order chi connectivity index (χ0) is 13.2. The van der Waals surface area contributed by atoms with Crippen molar-refractivity contribution in [2.75, 3.05) is 11.9 Å². The number of fused-ring (bicyclic) bond motifs is 1. The minimum atomic E-state index is 0.745. The van der Waals surface area contributed by atoms with Gasteiger partial charge >= 0.3 is 0 Å². The molecule has 0 aliphatic rings. The van der Waals surface area contributed by atoms with Crippen molar-refractivity contribution in [3.05, 3.63) is 30.7 Å². The first-order chi connectivity index (χ1) is 9.25. The molecular weight excluding hydrogens is 242 g/mol. The van der Waals surface area contributed by atoms with Crippen molar-refractivity contribution >= 4 is 16.9 Å². The summed E-state index contributed by atoms with van der Waals surface area (Å²) in [6.07, 6.45) is 6.07. The summed E-state index contributed by atoms with van der Waals surface area (Å²) in [4.78, 5) is 8.69. The Labute approximate surface area is 110 Å². The summed E-state index contributed by atoms with van der Waals surface area (Å²) < 4.78 is 3.89. The number of nitrogens with zero attached hydrogens (tertiary/aromatic N) is 6. The molecule has 19 heavy (non-hydrogen) atoms. The van der Waals surface area contributed by atoms with Crippen LogP contribution in [0.4, 0.5) is 5.82 Å². The predicted octanol–water partition coefficient (Wildman–Crippen LogP) is 0.751. The first-order valence-electron chi connectivity index (χ1n) is 6.08. The van der Waals surface area contributed by atoms with Crippen LogP contribution in [0, 0.1) is 0 Å². The van der Waals surface area contributed by atoms with Crippen LogP contribution < -0.4 is 5.32 Å². The highest BCUT2D eigenvalue weighted by molar-refractivity contribution is 5.85. The summed E-state index contributed by atoms with van der Waals surface area (Å²) in [6.45, 7) is 0.745. The number of imidazole rings is 1. The van der Waals surface area contributed by atoms with Crippen LogP contribution in [0.3, 0.4) is 0 Å². The maximum atomic E-state index is 4.36. The Kier molecular flexibility index (Phi) is 2.86. The van der Waals surface area contributed by atoms with Gasteiger partial charge in [0.15, 0.2) is 5.82 Å². The van der Waals surface area contributed by atoms with E-state index >= 15 is 0 Å². The maximum absolute atomic E-state index is 4.36. The zero-order valence-corrected chi connectivity index (χ0v) is 10.9. The second kappa shape index (κ2) is 4.68. The van der Waals surface area contributed by atoms with Gasteiger partial charge in [-0.3, -0.25) is 0 Å². The van der Waals surface area contributed by atoms with Crippen molar-refractivity contribution in [1.29, 1.82) is 0 Å². The molecule has 3 heterocycles. The Hall–Kier alpha value is -2.44. The number of hydrogen-bond donors (Lipinski definition) is 1. The second-order valence-corrected chi connectivity index (χ2v) is 4.42. The Morgan fingerprint density at radius 3 is 2.84 bits per heavy atom. The molecule has 0 aromatic carbocycles. The quantitative estimate of drug-likeness (QED) is 0.746. The minimum Gasteiger partial charge on any atom is -0.368 e. The monoisotopic (exact) mass is 257 g/mol. The van der Waals surface area contributed by atoms with Crippen molar-refractivity contribution < 1.29 is 0 Å². The van der Waals surface area contributed by atoms with Crippen LogP contribution in [0.2, 0.25) is 0 Å². The molecule has 0 unspecified atom stereocenters. The number of hydrogen-bond acceptors (Lipinski definition) is 5. The lowest BCUT2D eigenvalue weighted by Gasteiger charge is -2.05. The van der Waals surface area contributed by atoms with E-state index in [0.29, 0.717) is 0 Å². The third-order valence-corrected chi connectivity index (χ3v) is 3.09. The van der Waals surface area contributed by atoms with Crippen LogP contribution in [0.15, 0.2) is 24.9 Å². The van der Waals surface area contributed by atoms with E-state index in [0.717, 1.165) is 35.6 Å². The molecule has 0 amide bonds. The van der Waals surface area contributed by atoms with Crippen LogP contribution in [-0.2, 0) is 20.5 Å². The Morgan fingerprint density at radius 2 is 2.05 bits per heavy atom. The Balaban J connectivity index is 1.74. The molecular formula is C12H15N7. The van der Waals surface area contributed by atoms with Gasteiger partial charge in [-0.05, 0) is 6.07 Å². The van der Waals surface area contributed by atoms with Gasteiger partial charge in [-0.2, -0.15) is 0 Å². The van der Waals surface area contributed by atoms with Gasteiger partial charge in [0.2, 0.25) is 0 Å². The molecule has 98 valence electrons. The molecule has 7 nitrogen and oxygen atoms in total. The average Bonchev–Trinajstić information content (AvgIpc) is 2.98. The van der Waals surface area contributed by atoms with Gasteiger partial charge in [0, 0.05) is 33.3 Å². The summed E-state index contributed by atoms with van der Waals surface area (Å²) in [5.41, 5.74) is 1.96. The fraction of sp³-hybridized carbons (Fsp3) is 0.333. The first kappa shape index (κ1) is 11.6. The molecule has 0 saturated heterocycles. The van der Waals surface area contributed by atoms with E-state index in [4.69, 9.17) is 0 Å². The summed E-state index contributed by atoms with van der Waals surface area (Å²) >= 11 is 0. The summed E-state index contributed by atoms with van der Waals surface area (Å²) in [5.74, 6) is 1.75. The van der Waals surface area contributed by atoms with Gasteiger partial charge < -0.3 is 14.5 Å². The topological polar surface area (TPSA) is 73.5 Å². The molecule has 3 rings (SSSR count). The Morgan fingerprint density at radius 1 is 1.16 bits per heavy atom. The van der Waals surface area contributed by atoms with E-state index in [9.17, 15) is 0 Å². The fourth-order valence-electron chi connectivity index (χ4n) is 2.02. The van der Waals surface area contributed by atoms with E-state index in [-0.39, 0.29) is 0 Å². The molecule has 3 aromatic rings. The van der Waals surface area contributed by atoms with Crippen LogP contribution in [-0.4, -0.2) is 35.8 Å². The Bertz CT molecular complexity index is 697. The van der Waals surface area contributed by atoms with E-state index < -0.39 is 0 Å². The summed E-state index contributed by atoms with van der Waals surface area (Å²) in [5, 5.41) is 11.2. The standard InChI is InChI=1S/C12H15N7/c1-18-7-15-11-9(18)3-5-13-12(11)14-6-4-10-17-16-8-19(10)2/h3,5,7-8H,4,6H2,1-2H3,(H,13,14). The average molecular weight is 257 g/mol. The summed E-state index contributed by atoms with van der Waals surface area (Å²) in [7, 11) is 3.91. The second-order valence-electron chi connectivity index (χ2n) is 4.42. The zero-order valence-electron chi connectivity index (χ0n) is 10.9. The van der Waals surface area contributed by atoms with Crippen molar-refractivity contribution in [2.24, 2.45) is 14.1 Å². The number of nitrogens with one attached hydrogen (secondary N) is 1. The number of rotatable bonds is 4. The fourth-order valence-corrected chi connectivity index (χ4v) is 2.02. The lowest BCUT2D eigenvalue weighted by molar-refractivity contribution is 0.787. The van der Waals surface area contributed by atoms with Crippen molar-refractivity contribution in [1.82, 2.24) is 29.3 Å². The molecule has 0 saturated carbocycles.